The minimum atomic E-state index is 0.908. The summed E-state index contributed by atoms with van der Waals surface area (Å²) in [5.41, 5.74) is 3.66. The highest BCUT2D eigenvalue weighted by Gasteiger charge is 2.20. The van der Waals surface area contributed by atoms with Gasteiger partial charge in [0, 0.05) is 17.7 Å². The third kappa shape index (κ3) is 3.24. The Bertz CT molecular complexity index is 686. The summed E-state index contributed by atoms with van der Waals surface area (Å²) in [6, 6.07) is 0. The van der Waals surface area contributed by atoms with Crippen molar-refractivity contribution in [3.05, 3.63) is 17.5 Å². The summed E-state index contributed by atoms with van der Waals surface area (Å²) >= 11 is 0. The molecule has 6 heteroatoms. The molecular formula is C18H28N6. The Morgan fingerprint density at radius 1 is 1.17 bits per heavy atom. The Hall–Kier alpha value is -1.69. The van der Waals surface area contributed by atoms with Gasteiger partial charge in [0.1, 0.15) is 6.33 Å². The molecular weight excluding hydrogens is 300 g/mol. The quantitative estimate of drug-likeness (QED) is 0.855. The lowest BCUT2D eigenvalue weighted by Crippen LogP contribution is -2.34. The normalized spacial score (nSPS) is 19.5. The van der Waals surface area contributed by atoms with Crippen LogP contribution < -0.4 is 5.32 Å². The number of likely N-dealkylation sites (tertiary alicyclic amines) is 1. The first-order chi connectivity index (χ1) is 11.8. The van der Waals surface area contributed by atoms with Gasteiger partial charge in [-0.15, -0.1) is 15.3 Å². The summed E-state index contributed by atoms with van der Waals surface area (Å²) in [5.74, 6) is 1.95. The Labute approximate surface area is 143 Å². The van der Waals surface area contributed by atoms with Crippen LogP contribution in [0.15, 0.2) is 6.33 Å². The molecule has 130 valence electrons. The average molecular weight is 328 g/mol. The molecule has 4 rings (SSSR count). The lowest BCUT2D eigenvalue weighted by molar-refractivity contribution is 0.192. The van der Waals surface area contributed by atoms with Crippen molar-refractivity contribution in [2.75, 3.05) is 31.5 Å². The molecule has 0 amide bonds. The second kappa shape index (κ2) is 7.05. The van der Waals surface area contributed by atoms with Gasteiger partial charge in [-0.3, -0.25) is 0 Å². The number of aromatic nitrogens is 4. The van der Waals surface area contributed by atoms with Crippen LogP contribution in [0.3, 0.4) is 0 Å². The van der Waals surface area contributed by atoms with Gasteiger partial charge in [0.05, 0.1) is 0 Å². The van der Waals surface area contributed by atoms with Crippen molar-refractivity contribution in [1.29, 1.82) is 0 Å². The number of nitrogens with zero attached hydrogens (tertiary/aromatic N) is 5. The number of aryl methyl sites for hydroxylation is 1. The number of nitrogens with one attached hydrogen (secondary N) is 1. The van der Waals surface area contributed by atoms with Crippen molar-refractivity contribution >= 4 is 11.5 Å². The van der Waals surface area contributed by atoms with Crippen LogP contribution in [0.4, 0.5) is 5.82 Å². The van der Waals surface area contributed by atoms with Crippen LogP contribution in [0, 0.1) is 5.92 Å². The predicted octanol–water partition coefficient (Wildman–Crippen LogP) is 2.54. The maximum absolute atomic E-state index is 4.71. The number of rotatable bonds is 5. The summed E-state index contributed by atoms with van der Waals surface area (Å²) in [6.45, 7) is 7.08. The van der Waals surface area contributed by atoms with Crippen molar-refractivity contribution in [2.45, 2.75) is 51.9 Å². The molecule has 0 unspecified atom stereocenters. The zero-order chi connectivity index (χ0) is 16.4. The van der Waals surface area contributed by atoms with E-state index in [1.54, 1.807) is 6.33 Å². The van der Waals surface area contributed by atoms with Crippen LogP contribution in [0.5, 0.6) is 0 Å². The summed E-state index contributed by atoms with van der Waals surface area (Å²) in [7, 11) is 0. The fourth-order valence-corrected chi connectivity index (χ4v) is 4.02. The lowest BCUT2D eigenvalue weighted by atomic mass is 9.93. The van der Waals surface area contributed by atoms with Gasteiger partial charge >= 0.3 is 0 Å². The number of hydrogen-bond acceptors (Lipinski definition) is 5. The van der Waals surface area contributed by atoms with Crippen LogP contribution in [0.1, 0.15) is 50.2 Å². The van der Waals surface area contributed by atoms with E-state index in [-0.39, 0.29) is 0 Å². The number of piperidine rings is 1. The van der Waals surface area contributed by atoms with E-state index in [2.05, 4.69) is 27.3 Å². The van der Waals surface area contributed by atoms with Crippen molar-refractivity contribution < 1.29 is 0 Å². The van der Waals surface area contributed by atoms with E-state index in [1.165, 1.54) is 62.9 Å². The van der Waals surface area contributed by atoms with Crippen molar-refractivity contribution in [3.8, 4) is 0 Å². The molecule has 6 nitrogen and oxygen atoms in total. The SMILES string of the molecule is CC1CCN(CCCNc2nn3cnnc3c3c2CCCC3)CC1. The van der Waals surface area contributed by atoms with Gasteiger partial charge in [-0.25, -0.2) is 0 Å². The number of hydrogen-bond donors (Lipinski definition) is 1. The van der Waals surface area contributed by atoms with E-state index in [0.29, 0.717) is 0 Å². The summed E-state index contributed by atoms with van der Waals surface area (Å²) in [5, 5.41) is 16.6. The average Bonchev–Trinajstić information content (AvgIpc) is 3.09. The standard InChI is InChI=1S/C18H28N6/c1-14-7-11-23(12-8-14)10-4-9-19-17-15-5-2-3-6-16(15)18-21-20-13-24(18)22-17/h13-14H,2-12H2,1H3,(H,19,22). The maximum Gasteiger partial charge on any atom is 0.181 e. The molecule has 0 bridgehead atoms. The van der Waals surface area contributed by atoms with Gasteiger partial charge in [-0.05, 0) is 70.5 Å². The zero-order valence-electron chi connectivity index (χ0n) is 14.7. The molecule has 0 saturated carbocycles. The summed E-state index contributed by atoms with van der Waals surface area (Å²) < 4.78 is 1.83. The third-order valence-corrected chi connectivity index (χ3v) is 5.58. The molecule has 0 atom stereocenters. The molecule has 0 spiro atoms. The van der Waals surface area contributed by atoms with E-state index in [1.807, 2.05) is 4.52 Å². The first-order valence-electron chi connectivity index (χ1n) is 9.49. The Kier molecular flexibility index (Phi) is 4.65. The van der Waals surface area contributed by atoms with Crippen LogP contribution in [-0.4, -0.2) is 50.9 Å². The van der Waals surface area contributed by atoms with Crippen LogP contribution in [-0.2, 0) is 12.8 Å². The second-order valence-electron chi connectivity index (χ2n) is 7.42. The largest absolute Gasteiger partial charge is 0.368 e. The highest BCUT2D eigenvalue weighted by molar-refractivity contribution is 5.59. The van der Waals surface area contributed by atoms with E-state index >= 15 is 0 Å². The van der Waals surface area contributed by atoms with Crippen molar-refractivity contribution in [2.24, 2.45) is 5.92 Å². The summed E-state index contributed by atoms with van der Waals surface area (Å²) in [4.78, 5) is 2.60. The van der Waals surface area contributed by atoms with Gasteiger partial charge in [0.15, 0.2) is 11.5 Å². The summed E-state index contributed by atoms with van der Waals surface area (Å²) in [6.07, 6.45) is 10.3. The van der Waals surface area contributed by atoms with E-state index in [9.17, 15) is 0 Å². The molecule has 2 aromatic rings. The lowest BCUT2D eigenvalue weighted by Gasteiger charge is -2.30. The van der Waals surface area contributed by atoms with Crippen LogP contribution in [0.2, 0.25) is 0 Å². The van der Waals surface area contributed by atoms with Gasteiger partial charge in [-0.1, -0.05) is 6.92 Å². The third-order valence-electron chi connectivity index (χ3n) is 5.58. The molecule has 1 saturated heterocycles. The number of anilines is 1. The van der Waals surface area contributed by atoms with Gasteiger partial charge in [-0.2, -0.15) is 4.52 Å². The fraction of sp³-hybridized carbons (Fsp3) is 0.722. The Morgan fingerprint density at radius 2 is 1.96 bits per heavy atom. The zero-order valence-corrected chi connectivity index (χ0v) is 14.7. The predicted molar refractivity (Wildman–Crippen MR) is 95.4 cm³/mol. The minimum absolute atomic E-state index is 0.908. The van der Waals surface area contributed by atoms with Gasteiger partial charge in [0.2, 0.25) is 0 Å². The molecule has 3 heterocycles. The molecule has 1 aliphatic carbocycles. The first-order valence-corrected chi connectivity index (χ1v) is 9.49. The molecule has 1 N–H and O–H groups in total. The highest BCUT2D eigenvalue weighted by atomic mass is 15.4. The molecule has 2 aliphatic rings. The van der Waals surface area contributed by atoms with E-state index in [4.69, 9.17) is 5.10 Å². The van der Waals surface area contributed by atoms with E-state index < -0.39 is 0 Å². The van der Waals surface area contributed by atoms with Gasteiger partial charge < -0.3 is 10.2 Å². The van der Waals surface area contributed by atoms with Crippen LogP contribution in [0.25, 0.3) is 5.65 Å². The molecule has 2 aromatic heterocycles. The molecule has 1 fully saturated rings. The molecule has 0 radical (unpaired) electrons. The first kappa shape index (κ1) is 15.8. The van der Waals surface area contributed by atoms with Crippen molar-refractivity contribution in [3.63, 3.8) is 0 Å². The van der Waals surface area contributed by atoms with Crippen molar-refractivity contribution in [1.82, 2.24) is 24.7 Å². The second-order valence-corrected chi connectivity index (χ2v) is 7.42. The van der Waals surface area contributed by atoms with Crippen LogP contribution >= 0.6 is 0 Å². The number of fused-ring (bicyclic) bond motifs is 3. The smallest absolute Gasteiger partial charge is 0.181 e. The van der Waals surface area contributed by atoms with Gasteiger partial charge in [0.25, 0.3) is 0 Å². The molecule has 1 aliphatic heterocycles. The maximum atomic E-state index is 4.71. The highest BCUT2D eigenvalue weighted by Crippen LogP contribution is 2.28. The fourth-order valence-electron chi connectivity index (χ4n) is 4.02. The minimum Gasteiger partial charge on any atom is -0.368 e. The molecule has 0 aromatic carbocycles. The topological polar surface area (TPSA) is 58.4 Å². The molecule has 24 heavy (non-hydrogen) atoms. The Balaban J connectivity index is 1.38. The monoisotopic (exact) mass is 328 g/mol. The van der Waals surface area contributed by atoms with E-state index in [0.717, 1.165) is 36.8 Å². The Morgan fingerprint density at radius 3 is 2.79 bits per heavy atom.